The predicted octanol–water partition coefficient (Wildman–Crippen LogP) is 30.5. The standard InChI is InChI=1S/C30H29FNO.C29H27FNO.2C29H29FNO/c1-18-15-25-24-12-11-22(31)17-28(24)33-30(25)29(19(18)2)27-14-13-23-21(16-20-7-4-5-8-20)9-6-10-26(23)32(27)3;1-17-15-24-23-12-11-20(30)16-27(23)32-29(24)28(18(17)2)26-14-13-22-21(19-7-4-5-8-19)9-6-10-25(22)31(26)3;2*1-17-14-23-22-11-10-20(30)15-26(22)32-28(23)27(18(17)2)25-13-12-21-19(16-29(3,4)5)8-7-9-24(21)31(25)6/h6,9-15,17,20H,4-5,7-8,16H2,1-3H3;6,9-16,19H,4-5,7-8H2,1-3H3;2*7-15H,16H2,1-6H3/q4*+1. The maximum absolute atomic E-state index is 13.9. The van der Waals surface area contributed by atoms with Gasteiger partial charge < -0.3 is 17.7 Å². The maximum Gasteiger partial charge on any atom is 0.216 e. The first-order chi connectivity index (χ1) is 61.8. The van der Waals surface area contributed by atoms with Crippen molar-refractivity contribution < 1.29 is 53.5 Å². The fourth-order valence-corrected chi connectivity index (χ4v) is 21.3. The van der Waals surface area contributed by atoms with Gasteiger partial charge in [0.2, 0.25) is 44.8 Å². The summed E-state index contributed by atoms with van der Waals surface area (Å²) in [6.45, 7) is 30.8. The van der Waals surface area contributed by atoms with E-state index in [-0.39, 0.29) is 34.1 Å². The van der Waals surface area contributed by atoms with Crippen LogP contribution < -0.4 is 18.3 Å². The summed E-state index contributed by atoms with van der Waals surface area (Å²) in [6.07, 6.45) is 13.9. The van der Waals surface area contributed by atoms with E-state index in [4.69, 9.17) is 17.7 Å². The molecular formula is C117H114F4N4O4+4. The highest BCUT2D eigenvalue weighted by Gasteiger charge is 2.33. The Kier molecular flexibility index (Phi) is 22.1. The highest BCUT2D eigenvalue weighted by Crippen LogP contribution is 2.47. The first-order valence-electron chi connectivity index (χ1n) is 45.9. The first kappa shape index (κ1) is 85.6. The molecule has 0 N–H and O–H groups in total. The second kappa shape index (κ2) is 33.4. The zero-order valence-electron chi connectivity index (χ0n) is 77.7. The molecule has 2 aliphatic rings. The van der Waals surface area contributed by atoms with Crippen molar-refractivity contribution in [2.24, 2.45) is 44.9 Å². The van der Waals surface area contributed by atoms with Crippen molar-refractivity contribution in [1.29, 1.82) is 0 Å². The number of aryl methyl sites for hydroxylation is 8. The van der Waals surface area contributed by atoms with Crippen LogP contribution in [0, 0.1) is 95.4 Å². The second-order valence-corrected chi connectivity index (χ2v) is 39.5. The highest BCUT2D eigenvalue weighted by atomic mass is 19.1. The molecule has 0 amide bonds. The molecule has 0 radical (unpaired) electrons. The van der Waals surface area contributed by atoms with Gasteiger partial charge in [0.05, 0.1) is 22.3 Å². The van der Waals surface area contributed by atoms with Crippen molar-refractivity contribution in [1.82, 2.24) is 0 Å². The van der Waals surface area contributed by atoms with E-state index in [0.29, 0.717) is 28.2 Å². The Hall–Kier alpha value is -12.8. The molecule has 2 aliphatic carbocycles. The summed E-state index contributed by atoms with van der Waals surface area (Å²) in [6, 6.07) is 72.3. The van der Waals surface area contributed by atoms with E-state index in [0.717, 1.165) is 129 Å². The molecule has 129 heavy (non-hydrogen) atoms. The van der Waals surface area contributed by atoms with Gasteiger partial charge in [-0.05, 0) is 274 Å². The first-order valence-corrected chi connectivity index (χ1v) is 45.9. The zero-order chi connectivity index (χ0) is 90.2. The third-order valence-corrected chi connectivity index (χ3v) is 28.4. The number of furan rings is 4. The molecule has 0 unspecified atom stereocenters. The molecule has 2 saturated carbocycles. The van der Waals surface area contributed by atoms with Gasteiger partial charge in [0.25, 0.3) is 0 Å². The fourth-order valence-electron chi connectivity index (χ4n) is 21.3. The number of fused-ring (bicyclic) bond motifs is 16. The molecule has 0 spiro atoms. The van der Waals surface area contributed by atoms with Gasteiger partial charge >= 0.3 is 0 Å². The lowest BCUT2D eigenvalue weighted by Gasteiger charge is -2.19. The molecule has 8 heterocycles. The van der Waals surface area contributed by atoms with Crippen molar-refractivity contribution in [2.75, 3.05) is 0 Å². The van der Waals surface area contributed by atoms with E-state index in [1.807, 2.05) is 24.3 Å². The lowest BCUT2D eigenvalue weighted by Crippen LogP contribution is -2.32. The monoisotopic (exact) mass is 1710 g/mol. The Morgan fingerprint density at radius 2 is 0.550 bits per heavy atom. The lowest BCUT2D eigenvalue weighted by molar-refractivity contribution is -0.633. The molecule has 650 valence electrons. The summed E-state index contributed by atoms with van der Waals surface area (Å²) in [7, 11) is 8.53. The van der Waals surface area contributed by atoms with E-state index in [9.17, 15) is 17.6 Å². The second-order valence-electron chi connectivity index (χ2n) is 39.5. The number of hydrogen-bond acceptors (Lipinski definition) is 4. The molecule has 0 bridgehead atoms. The third kappa shape index (κ3) is 15.6. The summed E-state index contributed by atoms with van der Waals surface area (Å²) in [5.41, 5.74) is 34.9. The molecule has 12 heteroatoms. The SMILES string of the molecule is Cc1cc2c(oc3cc(F)ccc32)c(-c2ccc3c(C4CCCC4)cccc3[n+]2C)c1C.Cc1cc2c(oc3cc(F)ccc32)c(-c2ccc3c(CC(C)(C)C)cccc3[n+]2C)c1C.Cc1cc2c(oc3cc(F)ccc32)c(-c2ccc3c(CC(C)(C)C)cccc3[n+]2C)c1C.Cc1cc2c(oc3cc(F)ccc32)c(-c2ccc3c(CC4CCCC4)cccc3[n+]2C)c1C. The lowest BCUT2D eigenvalue weighted by atomic mass is 9.86. The summed E-state index contributed by atoms with van der Waals surface area (Å²) in [5, 5.41) is 13.2. The van der Waals surface area contributed by atoms with Gasteiger partial charge in [0, 0.05) is 137 Å². The van der Waals surface area contributed by atoms with Crippen LogP contribution >= 0.6 is 0 Å². The smallest absolute Gasteiger partial charge is 0.216 e. The molecule has 12 aromatic carbocycles. The molecule has 22 rings (SSSR count). The minimum atomic E-state index is -0.283. The number of pyridine rings is 4. The van der Waals surface area contributed by atoms with Crippen LogP contribution in [-0.2, 0) is 47.5 Å². The molecule has 0 aliphatic heterocycles. The average Bonchev–Trinajstić information content (AvgIpc) is 1.63. The van der Waals surface area contributed by atoms with E-state index in [1.165, 1.54) is 217 Å². The van der Waals surface area contributed by atoms with Gasteiger partial charge in [0.15, 0.2) is 0 Å². The largest absolute Gasteiger partial charge is 0.455 e. The van der Waals surface area contributed by atoms with Crippen molar-refractivity contribution in [3.8, 4) is 45.0 Å². The summed E-state index contributed by atoms with van der Waals surface area (Å²) < 4.78 is 89.7. The molecule has 0 saturated heterocycles. The van der Waals surface area contributed by atoms with E-state index < -0.39 is 0 Å². The minimum absolute atomic E-state index is 0.217. The summed E-state index contributed by atoms with van der Waals surface area (Å²) >= 11 is 0. The van der Waals surface area contributed by atoms with Gasteiger partial charge in [-0.15, -0.1) is 0 Å². The Labute approximate surface area is 752 Å². The van der Waals surface area contributed by atoms with Crippen molar-refractivity contribution in [3.05, 3.63) is 308 Å². The predicted molar refractivity (Wildman–Crippen MR) is 522 cm³/mol. The van der Waals surface area contributed by atoms with Crippen LogP contribution in [0.25, 0.3) is 176 Å². The van der Waals surface area contributed by atoms with Crippen LogP contribution in [0.1, 0.15) is 166 Å². The van der Waals surface area contributed by atoms with Crippen LogP contribution in [0.5, 0.6) is 0 Å². The summed E-state index contributed by atoms with van der Waals surface area (Å²) in [5.74, 6) is 0.366. The van der Waals surface area contributed by atoms with Crippen molar-refractivity contribution in [2.45, 2.75) is 173 Å². The Balaban J connectivity index is 0.000000112. The van der Waals surface area contributed by atoms with E-state index >= 15 is 0 Å². The van der Waals surface area contributed by atoms with Gasteiger partial charge in [-0.2, -0.15) is 18.3 Å². The number of aromatic nitrogens is 4. The van der Waals surface area contributed by atoms with E-state index in [1.54, 1.807) is 0 Å². The number of halogens is 4. The topological polar surface area (TPSA) is 68.1 Å². The molecule has 2 fully saturated rings. The van der Waals surface area contributed by atoms with Crippen LogP contribution in [0.15, 0.2) is 236 Å². The van der Waals surface area contributed by atoms with Crippen LogP contribution in [-0.4, -0.2) is 0 Å². The Morgan fingerprint density at radius 3 is 0.860 bits per heavy atom. The Bertz CT molecular complexity index is 7730. The molecule has 20 aromatic rings. The number of nitrogens with zero attached hydrogens (tertiary/aromatic N) is 4. The molecule has 8 aromatic heterocycles. The average molecular weight is 1720 g/mol. The van der Waals surface area contributed by atoms with Crippen LogP contribution in [0.2, 0.25) is 0 Å². The molecular weight excluding hydrogens is 1600 g/mol. The quantitative estimate of drug-likeness (QED) is 0.107. The normalized spacial score (nSPS) is 13.6. The number of hydrogen-bond donors (Lipinski definition) is 0. The van der Waals surface area contributed by atoms with Gasteiger partial charge in [0.1, 0.15) is 96.1 Å². The van der Waals surface area contributed by atoms with Gasteiger partial charge in [-0.3, -0.25) is 0 Å². The highest BCUT2D eigenvalue weighted by molar-refractivity contribution is 6.14. The van der Waals surface area contributed by atoms with E-state index in [2.05, 4.69) is 289 Å². The fraction of sp³-hybridized carbons (Fsp3) is 0.282. The van der Waals surface area contributed by atoms with Gasteiger partial charge in [-0.25, -0.2) is 17.6 Å². The van der Waals surface area contributed by atoms with Crippen molar-refractivity contribution in [3.63, 3.8) is 0 Å². The Morgan fingerprint density at radius 1 is 0.287 bits per heavy atom. The van der Waals surface area contributed by atoms with Crippen LogP contribution in [0.3, 0.4) is 0 Å². The maximum atomic E-state index is 13.9. The third-order valence-electron chi connectivity index (χ3n) is 28.4. The summed E-state index contributed by atoms with van der Waals surface area (Å²) in [4.78, 5) is 0. The number of benzene rings is 12. The van der Waals surface area contributed by atoms with Gasteiger partial charge in [-0.1, -0.05) is 129 Å². The van der Waals surface area contributed by atoms with Crippen molar-refractivity contribution >= 4 is 131 Å². The number of rotatable bonds is 9. The molecule has 0 atom stereocenters. The molecule has 8 nitrogen and oxygen atoms in total. The minimum Gasteiger partial charge on any atom is -0.455 e. The zero-order valence-corrected chi connectivity index (χ0v) is 77.7. The van der Waals surface area contributed by atoms with Crippen LogP contribution in [0.4, 0.5) is 17.6 Å².